The maximum Gasteiger partial charge on any atom is 0.337 e. The van der Waals surface area contributed by atoms with Gasteiger partial charge in [0.25, 0.3) is 0 Å². The number of hydrogen-bond donors (Lipinski definition) is 1. The third-order valence-corrected chi connectivity index (χ3v) is 6.52. The lowest BCUT2D eigenvalue weighted by atomic mass is 10.0. The van der Waals surface area contributed by atoms with Crippen LogP contribution in [0.1, 0.15) is 6.42 Å². The summed E-state index contributed by atoms with van der Waals surface area (Å²) < 4.78 is 10.3. The van der Waals surface area contributed by atoms with Gasteiger partial charge in [0.05, 0.1) is 32.4 Å². The van der Waals surface area contributed by atoms with E-state index in [0.29, 0.717) is 44.8 Å². The smallest absolute Gasteiger partial charge is 0.337 e. The number of carbonyl (C=O) groups excluding carboxylic acids is 2. The highest BCUT2D eigenvalue weighted by Gasteiger charge is 2.25. The summed E-state index contributed by atoms with van der Waals surface area (Å²) in [4.78, 5) is 32.6. The summed E-state index contributed by atoms with van der Waals surface area (Å²) in [6.07, 6.45) is 10.0. The van der Waals surface area contributed by atoms with Gasteiger partial charge in [-0.05, 0) is 58.8 Å². The van der Waals surface area contributed by atoms with Gasteiger partial charge in [-0.2, -0.15) is 0 Å². The number of anilines is 1. The van der Waals surface area contributed by atoms with Gasteiger partial charge in [-0.25, -0.2) is 9.59 Å². The van der Waals surface area contributed by atoms with E-state index in [1.165, 1.54) is 7.11 Å². The zero-order valence-electron chi connectivity index (χ0n) is 20.3. The molecular weight excluding hydrogens is 454 g/mol. The number of amides is 2. The van der Waals surface area contributed by atoms with E-state index in [0.717, 1.165) is 33.3 Å². The second kappa shape index (κ2) is 10.7. The van der Waals surface area contributed by atoms with Crippen LogP contribution in [0.15, 0.2) is 90.2 Å². The first kappa shape index (κ1) is 23.6. The topological polar surface area (TPSA) is 74.9 Å². The third kappa shape index (κ3) is 5.11. The molecule has 2 aromatic carbocycles. The van der Waals surface area contributed by atoms with E-state index in [9.17, 15) is 9.59 Å². The molecule has 1 aromatic heterocycles. The molecule has 184 valence electrons. The van der Waals surface area contributed by atoms with E-state index in [1.807, 2.05) is 47.5 Å². The largest absolute Gasteiger partial charge is 0.465 e. The van der Waals surface area contributed by atoms with Gasteiger partial charge < -0.3 is 19.4 Å². The van der Waals surface area contributed by atoms with Gasteiger partial charge in [0.1, 0.15) is 0 Å². The molecule has 1 N–H and O–H groups in total. The molecule has 0 spiro atoms. The highest BCUT2D eigenvalue weighted by Crippen LogP contribution is 2.29. The minimum atomic E-state index is -0.367. The van der Waals surface area contributed by atoms with Crippen LogP contribution in [0.2, 0.25) is 0 Å². The van der Waals surface area contributed by atoms with E-state index in [4.69, 9.17) is 9.47 Å². The van der Waals surface area contributed by atoms with Gasteiger partial charge in [0.2, 0.25) is 0 Å². The second-order valence-electron chi connectivity index (χ2n) is 8.80. The van der Waals surface area contributed by atoms with Crippen LogP contribution >= 0.6 is 0 Å². The number of nitrogens with zero attached hydrogens (tertiary/aromatic N) is 2. The number of H-pyrrole nitrogens is 1. The average Bonchev–Trinajstić information content (AvgIpc) is 3.28. The van der Waals surface area contributed by atoms with Crippen LogP contribution in [0.4, 0.5) is 10.5 Å². The monoisotopic (exact) mass is 483 g/mol. The number of ether oxygens (including phenoxy) is 2. The Morgan fingerprint density at radius 3 is 2.69 bits per heavy atom. The fourth-order valence-electron chi connectivity index (χ4n) is 4.51. The van der Waals surface area contributed by atoms with Gasteiger partial charge in [0.15, 0.2) is 0 Å². The lowest BCUT2D eigenvalue weighted by molar-refractivity contribution is -0.135. The number of hydrogen-bond acceptors (Lipinski definition) is 4. The fraction of sp³-hybridized carbons (Fsp3) is 0.241. The Hall–Kier alpha value is -4.10. The molecule has 1 fully saturated rings. The van der Waals surface area contributed by atoms with Gasteiger partial charge in [-0.3, -0.25) is 4.90 Å². The summed E-state index contributed by atoms with van der Waals surface area (Å²) in [6.45, 7) is 2.56. The molecular formula is C29H29N3O4. The number of morpholine rings is 1. The molecule has 1 saturated heterocycles. The number of aromatic amines is 1. The molecule has 0 radical (unpaired) electrons. The molecule has 0 bridgehead atoms. The molecule has 2 amide bonds. The second-order valence-corrected chi connectivity index (χ2v) is 8.80. The summed E-state index contributed by atoms with van der Waals surface area (Å²) in [7, 11) is 1.37. The van der Waals surface area contributed by atoms with Crippen LogP contribution in [0.5, 0.6) is 0 Å². The predicted octanol–water partition coefficient (Wildman–Crippen LogP) is 5.08. The summed E-state index contributed by atoms with van der Waals surface area (Å²) in [5, 5.41) is 1.16. The average molecular weight is 484 g/mol. The molecule has 1 aliphatic carbocycles. The normalized spacial score (nSPS) is 15.8. The number of benzene rings is 2. The van der Waals surface area contributed by atoms with Crippen LogP contribution in [0.25, 0.3) is 22.0 Å². The number of rotatable bonds is 5. The quantitative estimate of drug-likeness (QED) is 0.514. The van der Waals surface area contributed by atoms with E-state index >= 15 is 0 Å². The molecule has 0 unspecified atom stereocenters. The molecule has 5 rings (SSSR count). The highest BCUT2D eigenvalue weighted by atomic mass is 16.5. The van der Waals surface area contributed by atoms with Crippen molar-refractivity contribution in [1.82, 2.24) is 9.88 Å². The Balaban J connectivity index is 1.46. The number of fused-ring (bicyclic) bond motifs is 1. The van der Waals surface area contributed by atoms with E-state index in [2.05, 4.69) is 35.3 Å². The summed E-state index contributed by atoms with van der Waals surface area (Å²) in [5.74, 6) is -0.367. The van der Waals surface area contributed by atoms with E-state index in [-0.39, 0.29) is 12.0 Å². The highest BCUT2D eigenvalue weighted by molar-refractivity contribution is 5.94. The lowest BCUT2D eigenvalue weighted by Gasteiger charge is -2.33. The fourth-order valence-corrected chi connectivity index (χ4v) is 4.51. The standard InChI is InChI=1S/C29H29N3O4/c1-35-28(33)23-5-2-4-21(8-9-23)20-32(29(34)31-14-16-36-17-15-31)26-7-3-6-24(18-26)25-11-10-22-12-13-30-27(22)19-25/h3-13,18-19,30H,2,14-17,20H2,1H3. The Kier molecular flexibility index (Phi) is 7.00. The van der Waals surface area contributed by atoms with Crippen LogP contribution in [-0.2, 0) is 14.3 Å². The van der Waals surface area contributed by atoms with Crippen LogP contribution in [-0.4, -0.2) is 61.8 Å². The zero-order valence-corrected chi connectivity index (χ0v) is 20.3. The van der Waals surface area contributed by atoms with Crippen LogP contribution in [0, 0.1) is 0 Å². The zero-order chi connectivity index (χ0) is 24.9. The molecule has 2 aliphatic rings. The third-order valence-electron chi connectivity index (χ3n) is 6.52. The molecule has 1 aliphatic heterocycles. The first-order chi connectivity index (χ1) is 17.6. The van der Waals surface area contributed by atoms with Gasteiger partial charge in [-0.15, -0.1) is 0 Å². The molecule has 7 heteroatoms. The lowest BCUT2D eigenvalue weighted by Crippen LogP contribution is -2.48. The van der Waals surface area contributed by atoms with Crippen molar-refractivity contribution in [2.24, 2.45) is 0 Å². The van der Waals surface area contributed by atoms with Crippen molar-refractivity contribution in [3.63, 3.8) is 0 Å². The Labute approximate surface area is 210 Å². The first-order valence-electron chi connectivity index (χ1n) is 12.1. The maximum absolute atomic E-state index is 13.7. The van der Waals surface area contributed by atoms with Crippen molar-refractivity contribution in [2.45, 2.75) is 6.42 Å². The molecule has 0 atom stereocenters. The van der Waals surface area contributed by atoms with Crippen molar-refractivity contribution in [1.29, 1.82) is 0 Å². The van der Waals surface area contributed by atoms with Gasteiger partial charge in [0, 0.05) is 30.5 Å². The van der Waals surface area contributed by atoms with Crippen molar-refractivity contribution in [3.8, 4) is 11.1 Å². The number of carbonyl (C=O) groups is 2. The summed E-state index contributed by atoms with van der Waals surface area (Å²) in [6, 6.07) is 16.4. The van der Waals surface area contributed by atoms with E-state index < -0.39 is 0 Å². The Morgan fingerprint density at radius 2 is 1.86 bits per heavy atom. The molecule has 0 saturated carbocycles. The first-order valence-corrected chi connectivity index (χ1v) is 12.1. The van der Waals surface area contributed by atoms with Gasteiger partial charge >= 0.3 is 12.0 Å². The SMILES string of the molecule is COC(=O)C1=CCC=C(CN(C(=O)N2CCOCC2)c2cccc(-c3ccc4cc[nH]c4c3)c2)C=C1. The van der Waals surface area contributed by atoms with E-state index in [1.54, 1.807) is 11.0 Å². The van der Waals surface area contributed by atoms with Crippen LogP contribution in [0.3, 0.4) is 0 Å². The Morgan fingerprint density at radius 1 is 1.03 bits per heavy atom. The molecule has 2 heterocycles. The minimum absolute atomic E-state index is 0.0602. The van der Waals surface area contributed by atoms with Crippen molar-refractivity contribution in [3.05, 3.63) is 90.2 Å². The predicted molar refractivity (Wildman–Crippen MR) is 141 cm³/mol. The van der Waals surface area contributed by atoms with Crippen molar-refractivity contribution in [2.75, 3.05) is 44.9 Å². The van der Waals surface area contributed by atoms with Crippen molar-refractivity contribution < 1.29 is 19.1 Å². The van der Waals surface area contributed by atoms with Gasteiger partial charge in [-0.1, -0.05) is 42.5 Å². The molecule has 36 heavy (non-hydrogen) atoms. The Bertz CT molecular complexity index is 1360. The summed E-state index contributed by atoms with van der Waals surface area (Å²) in [5.41, 5.74) is 5.45. The van der Waals surface area contributed by atoms with Crippen molar-refractivity contribution >= 4 is 28.6 Å². The number of urea groups is 1. The number of aromatic nitrogens is 1. The summed E-state index contributed by atoms with van der Waals surface area (Å²) >= 11 is 0. The van der Waals surface area contributed by atoms with Crippen LogP contribution < -0.4 is 4.90 Å². The number of nitrogens with one attached hydrogen (secondary N) is 1. The maximum atomic E-state index is 13.7. The number of allylic oxidation sites excluding steroid dienone is 2. The minimum Gasteiger partial charge on any atom is -0.465 e. The number of methoxy groups -OCH3 is 1. The molecule has 7 nitrogen and oxygen atoms in total. The molecule has 3 aromatic rings. The number of esters is 1.